The Morgan fingerprint density at radius 3 is 2.55 bits per heavy atom. The van der Waals surface area contributed by atoms with Gasteiger partial charge >= 0.3 is 6.18 Å². The first kappa shape index (κ1) is 31.6. The number of hydrogen-bond donors (Lipinski definition) is 3. The number of nitrogens with zero attached hydrogens (tertiary/aromatic N) is 3. The van der Waals surface area contributed by atoms with Crippen molar-refractivity contribution < 1.29 is 26.0 Å². The molecule has 0 bridgehead atoms. The lowest BCUT2D eigenvalue weighted by atomic mass is 9.92. The molecule has 0 aliphatic heterocycles. The quantitative estimate of drug-likeness (QED) is 0.308. The fraction of sp³-hybridized carbons (Fsp3) is 0.480. The minimum absolute atomic E-state index is 0. The lowest BCUT2D eigenvalue weighted by Gasteiger charge is -2.27. The van der Waals surface area contributed by atoms with Crippen LogP contribution in [0.2, 0.25) is 0 Å². The predicted molar refractivity (Wildman–Crippen MR) is 149 cm³/mol. The fourth-order valence-electron chi connectivity index (χ4n) is 4.65. The summed E-state index contributed by atoms with van der Waals surface area (Å²) in [5.74, 6) is -1.91. The first-order valence-corrected chi connectivity index (χ1v) is 14.2. The summed E-state index contributed by atoms with van der Waals surface area (Å²) in [5, 5.41) is 3.83. The molecular weight excluding hydrogens is 576 g/mol. The second-order valence-electron chi connectivity index (χ2n) is 10.0. The van der Waals surface area contributed by atoms with Gasteiger partial charge in [-0.1, -0.05) is 6.07 Å². The highest BCUT2D eigenvalue weighted by molar-refractivity contribution is 7.92. The number of sulfonamides is 1. The van der Waals surface area contributed by atoms with Crippen LogP contribution in [0.15, 0.2) is 35.3 Å². The number of alkyl halides is 3. The van der Waals surface area contributed by atoms with E-state index in [9.17, 15) is 30.8 Å². The maximum absolute atomic E-state index is 14.8. The van der Waals surface area contributed by atoms with E-state index in [1.54, 1.807) is 20.0 Å². The molecule has 220 valence electrons. The monoisotopic (exact) mass is 606 g/mol. The van der Waals surface area contributed by atoms with Crippen molar-refractivity contribution in [3.63, 3.8) is 0 Å². The highest BCUT2D eigenvalue weighted by Gasteiger charge is 2.30. The standard InChI is InChI=1S/C25H30F4N6O3S.ClH/c1-14(2)35-22-16(13-31-24(33-22)32-18-5-3-4-17(30)12-18)10-19(23(35)36)15-6-7-21(20(26)11-15)34-39(37,38)9-8-25(27,28)29;/h6-7,10-11,13-14,17-18,34H,3-5,8-9,12,30H2,1-2H3,(H,31,32,33);1H/t17-,18+;/m1./s1. The number of fused-ring (bicyclic) bond motifs is 1. The van der Waals surface area contributed by atoms with Crippen molar-refractivity contribution in [1.29, 1.82) is 0 Å². The molecule has 2 atom stereocenters. The van der Waals surface area contributed by atoms with Gasteiger partial charge in [0.2, 0.25) is 16.0 Å². The Labute approximate surface area is 235 Å². The molecule has 1 aliphatic rings. The van der Waals surface area contributed by atoms with Crippen LogP contribution in [0.25, 0.3) is 22.2 Å². The number of nitrogens with one attached hydrogen (secondary N) is 2. The van der Waals surface area contributed by atoms with Gasteiger partial charge in [-0.05, 0) is 63.3 Å². The third-order valence-corrected chi connectivity index (χ3v) is 7.81. The fourth-order valence-corrected chi connectivity index (χ4v) is 5.75. The molecule has 0 saturated heterocycles. The van der Waals surface area contributed by atoms with Crippen molar-refractivity contribution in [2.24, 2.45) is 5.73 Å². The summed E-state index contributed by atoms with van der Waals surface area (Å²) in [4.78, 5) is 22.5. The average Bonchev–Trinajstić information content (AvgIpc) is 2.83. The maximum Gasteiger partial charge on any atom is 0.390 e. The largest absolute Gasteiger partial charge is 0.390 e. The smallest absolute Gasteiger partial charge is 0.351 e. The number of nitrogens with two attached hydrogens (primary N) is 1. The van der Waals surface area contributed by atoms with Gasteiger partial charge in [0, 0.05) is 35.3 Å². The van der Waals surface area contributed by atoms with Crippen molar-refractivity contribution >= 4 is 45.1 Å². The Balaban J connectivity index is 0.00000441. The highest BCUT2D eigenvalue weighted by Crippen LogP contribution is 2.28. The molecule has 40 heavy (non-hydrogen) atoms. The van der Waals surface area contributed by atoms with Gasteiger partial charge in [-0.3, -0.25) is 14.1 Å². The highest BCUT2D eigenvalue weighted by atomic mass is 35.5. The minimum atomic E-state index is -4.67. The van der Waals surface area contributed by atoms with Crippen molar-refractivity contribution in [1.82, 2.24) is 14.5 Å². The summed E-state index contributed by atoms with van der Waals surface area (Å²) >= 11 is 0. The first-order chi connectivity index (χ1) is 18.2. The second kappa shape index (κ2) is 12.3. The van der Waals surface area contributed by atoms with Gasteiger partial charge in [0.15, 0.2) is 0 Å². The van der Waals surface area contributed by atoms with Gasteiger partial charge in [0.05, 0.1) is 17.9 Å². The molecule has 0 amide bonds. The van der Waals surface area contributed by atoms with Gasteiger partial charge in [-0.2, -0.15) is 18.2 Å². The molecule has 15 heteroatoms. The van der Waals surface area contributed by atoms with Crippen LogP contribution < -0.4 is 21.3 Å². The van der Waals surface area contributed by atoms with E-state index < -0.39 is 45.4 Å². The summed E-state index contributed by atoms with van der Waals surface area (Å²) < 4.78 is 79.4. The topological polar surface area (TPSA) is 132 Å². The van der Waals surface area contributed by atoms with E-state index in [0.29, 0.717) is 17.0 Å². The van der Waals surface area contributed by atoms with Crippen LogP contribution in [-0.2, 0) is 10.0 Å². The predicted octanol–water partition coefficient (Wildman–Crippen LogP) is 4.98. The van der Waals surface area contributed by atoms with Gasteiger partial charge in [0.25, 0.3) is 5.56 Å². The molecule has 9 nitrogen and oxygen atoms in total. The van der Waals surface area contributed by atoms with Gasteiger partial charge in [0.1, 0.15) is 11.5 Å². The Hall–Kier alpha value is -2.97. The van der Waals surface area contributed by atoms with E-state index in [4.69, 9.17) is 5.73 Å². The van der Waals surface area contributed by atoms with Gasteiger partial charge < -0.3 is 11.1 Å². The Bertz CT molecular complexity index is 1530. The molecule has 2 aromatic heterocycles. The average molecular weight is 607 g/mol. The van der Waals surface area contributed by atoms with E-state index in [1.165, 1.54) is 16.7 Å². The van der Waals surface area contributed by atoms with Crippen LogP contribution in [-0.4, -0.2) is 47.0 Å². The Morgan fingerprint density at radius 1 is 1.20 bits per heavy atom. The molecule has 4 N–H and O–H groups in total. The summed E-state index contributed by atoms with van der Waals surface area (Å²) in [6.07, 6.45) is -0.985. The van der Waals surface area contributed by atoms with E-state index in [-0.39, 0.29) is 41.7 Å². The van der Waals surface area contributed by atoms with Crippen molar-refractivity contribution in [3.05, 3.63) is 46.6 Å². The number of benzene rings is 1. The molecule has 4 rings (SSSR count). The number of hydrogen-bond acceptors (Lipinski definition) is 7. The molecule has 2 heterocycles. The van der Waals surface area contributed by atoms with Gasteiger partial charge in [-0.15, -0.1) is 12.4 Å². The molecular formula is C25H31ClF4N6O3S. The maximum atomic E-state index is 14.8. The number of aromatic nitrogens is 3. The molecule has 1 fully saturated rings. The van der Waals surface area contributed by atoms with Crippen LogP contribution in [0.1, 0.15) is 52.0 Å². The Morgan fingerprint density at radius 2 is 1.93 bits per heavy atom. The van der Waals surface area contributed by atoms with E-state index in [1.807, 2.05) is 4.72 Å². The molecule has 0 unspecified atom stereocenters. The lowest BCUT2D eigenvalue weighted by Crippen LogP contribution is -2.35. The van der Waals surface area contributed by atoms with Crippen LogP contribution in [0.3, 0.4) is 0 Å². The molecule has 0 radical (unpaired) electrons. The summed E-state index contributed by atoms with van der Waals surface area (Å²) in [6.45, 7) is 3.61. The lowest BCUT2D eigenvalue weighted by molar-refractivity contribution is -0.129. The number of halogens is 5. The normalized spacial score (nSPS) is 18.0. The number of pyridine rings is 1. The summed E-state index contributed by atoms with van der Waals surface area (Å²) in [7, 11) is -4.45. The van der Waals surface area contributed by atoms with Crippen LogP contribution in [0, 0.1) is 5.82 Å². The zero-order valence-electron chi connectivity index (χ0n) is 21.8. The van der Waals surface area contributed by atoms with Crippen LogP contribution in [0.4, 0.5) is 29.2 Å². The second-order valence-corrected chi connectivity index (χ2v) is 11.9. The van der Waals surface area contributed by atoms with Crippen LogP contribution >= 0.6 is 12.4 Å². The summed E-state index contributed by atoms with van der Waals surface area (Å²) in [5.41, 5.74) is 5.79. The SMILES string of the molecule is CC(C)n1c(=O)c(-c2ccc(NS(=O)(=O)CCC(F)(F)F)c(F)c2)cc2cnc(N[C@H]3CCC[C@@H](N)C3)nc21.Cl. The molecule has 3 aromatic rings. The van der Waals surface area contributed by atoms with E-state index >= 15 is 0 Å². The van der Waals surface area contributed by atoms with Crippen molar-refractivity contribution in [3.8, 4) is 11.1 Å². The van der Waals surface area contributed by atoms with Gasteiger partial charge in [-0.25, -0.2) is 17.8 Å². The third-order valence-electron chi connectivity index (χ3n) is 6.54. The Kier molecular flexibility index (Phi) is 9.68. The summed E-state index contributed by atoms with van der Waals surface area (Å²) in [6, 6.07) is 4.79. The molecule has 1 aliphatic carbocycles. The van der Waals surface area contributed by atoms with E-state index in [0.717, 1.165) is 37.8 Å². The molecule has 1 aromatic carbocycles. The number of anilines is 2. The van der Waals surface area contributed by atoms with E-state index in [2.05, 4.69) is 15.3 Å². The van der Waals surface area contributed by atoms with Crippen molar-refractivity contribution in [2.45, 2.75) is 70.3 Å². The minimum Gasteiger partial charge on any atom is -0.351 e. The van der Waals surface area contributed by atoms with Crippen molar-refractivity contribution in [2.75, 3.05) is 15.8 Å². The molecule has 0 spiro atoms. The zero-order valence-corrected chi connectivity index (χ0v) is 23.5. The molecule has 1 saturated carbocycles. The number of rotatable bonds is 8. The zero-order chi connectivity index (χ0) is 28.5. The van der Waals surface area contributed by atoms with Crippen LogP contribution in [0.5, 0.6) is 0 Å². The first-order valence-electron chi connectivity index (χ1n) is 12.5. The third kappa shape index (κ3) is 7.61.